The lowest BCUT2D eigenvalue weighted by molar-refractivity contribution is 0.452. The van der Waals surface area contributed by atoms with E-state index < -0.39 is 0 Å². The lowest BCUT2D eigenvalue weighted by Crippen LogP contribution is -2.41. The molecule has 0 amide bonds. The molecule has 1 fully saturated rings. The monoisotopic (exact) mass is 176 g/mol. The topological polar surface area (TPSA) is 15.3 Å². The van der Waals surface area contributed by atoms with E-state index in [9.17, 15) is 0 Å². The summed E-state index contributed by atoms with van der Waals surface area (Å²) in [5, 5.41) is 2.22. The first-order valence-electron chi connectivity index (χ1n) is 4.78. The quantitative estimate of drug-likeness (QED) is 0.705. The highest BCUT2D eigenvalue weighted by Gasteiger charge is 2.28. The van der Waals surface area contributed by atoms with Crippen LogP contribution in [0.25, 0.3) is 0 Å². The number of hydrogen-bond donors (Lipinski definition) is 1. The summed E-state index contributed by atoms with van der Waals surface area (Å²) in [4.78, 5) is 0. The molecule has 2 heteroatoms. The Kier molecular flexibility index (Phi) is 2.00. The smallest absolute Gasteiger partial charge is 0.0519 e. The maximum Gasteiger partial charge on any atom is 0.0519 e. The van der Waals surface area contributed by atoms with Crippen LogP contribution in [0.5, 0.6) is 0 Å². The molecule has 1 aliphatic heterocycles. The zero-order valence-electron chi connectivity index (χ0n) is 8.25. The van der Waals surface area contributed by atoms with Gasteiger partial charge in [0.1, 0.15) is 0 Å². The fourth-order valence-corrected chi connectivity index (χ4v) is 1.67. The minimum atomic E-state index is 0.246. The van der Waals surface area contributed by atoms with Gasteiger partial charge in [-0.05, 0) is 32.4 Å². The molecule has 0 bridgehead atoms. The van der Waals surface area contributed by atoms with Gasteiger partial charge < -0.3 is 5.01 Å². The second kappa shape index (κ2) is 3.04. The Morgan fingerprint density at radius 1 is 1.23 bits per heavy atom. The molecular weight excluding hydrogens is 160 g/mol. The van der Waals surface area contributed by atoms with Gasteiger partial charge in [-0.1, -0.05) is 18.2 Å². The number of rotatable bonds is 1. The van der Waals surface area contributed by atoms with E-state index in [0.29, 0.717) is 0 Å². The minimum absolute atomic E-state index is 0.246. The predicted molar refractivity (Wildman–Crippen MR) is 55.6 cm³/mol. The zero-order valence-corrected chi connectivity index (χ0v) is 8.25. The van der Waals surface area contributed by atoms with Gasteiger partial charge in [-0.2, -0.15) is 0 Å². The Morgan fingerprint density at radius 3 is 2.46 bits per heavy atom. The van der Waals surface area contributed by atoms with Gasteiger partial charge in [0.05, 0.1) is 5.69 Å². The third kappa shape index (κ3) is 1.83. The summed E-state index contributed by atoms with van der Waals surface area (Å²) in [6, 6.07) is 10.5. The normalized spacial score (nSPS) is 20.6. The van der Waals surface area contributed by atoms with Crippen molar-refractivity contribution < 1.29 is 0 Å². The Balaban J connectivity index is 2.13. The molecule has 13 heavy (non-hydrogen) atoms. The fraction of sp³-hybridized carbons (Fsp3) is 0.455. The van der Waals surface area contributed by atoms with Crippen LogP contribution in [-0.4, -0.2) is 12.1 Å². The number of anilines is 1. The molecule has 70 valence electrons. The molecule has 1 aliphatic rings. The Labute approximate surface area is 79.5 Å². The molecule has 0 aliphatic carbocycles. The number of nitrogens with zero attached hydrogens (tertiary/aromatic N) is 1. The Hall–Kier alpha value is -1.02. The van der Waals surface area contributed by atoms with Crippen LogP contribution in [0.2, 0.25) is 0 Å². The van der Waals surface area contributed by atoms with Crippen molar-refractivity contribution in [3.05, 3.63) is 30.3 Å². The van der Waals surface area contributed by atoms with Crippen LogP contribution < -0.4 is 10.4 Å². The van der Waals surface area contributed by atoms with E-state index in [2.05, 4.69) is 48.5 Å². The fourth-order valence-electron chi connectivity index (χ4n) is 1.67. The molecule has 0 aromatic heterocycles. The summed E-state index contributed by atoms with van der Waals surface area (Å²) in [6.07, 6.45) is 1.20. The molecular formula is C11H16N2. The van der Waals surface area contributed by atoms with Gasteiger partial charge in [0, 0.05) is 12.1 Å². The molecule has 2 nitrogen and oxygen atoms in total. The van der Waals surface area contributed by atoms with E-state index in [0.717, 1.165) is 6.54 Å². The van der Waals surface area contributed by atoms with Gasteiger partial charge in [-0.3, -0.25) is 0 Å². The highest BCUT2D eigenvalue weighted by Crippen LogP contribution is 2.22. The van der Waals surface area contributed by atoms with E-state index >= 15 is 0 Å². The highest BCUT2D eigenvalue weighted by atomic mass is 15.6. The number of hydrazine groups is 1. The average molecular weight is 176 g/mol. The van der Waals surface area contributed by atoms with Gasteiger partial charge in [0.2, 0.25) is 0 Å². The van der Waals surface area contributed by atoms with Gasteiger partial charge in [-0.25, -0.2) is 5.43 Å². The summed E-state index contributed by atoms with van der Waals surface area (Å²) in [5.41, 5.74) is 4.98. The second-order valence-electron chi connectivity index (χ2n) is 4.23. The standard InChI is InChI=1S/C11H16N2/c1-11(2)8-9-13(12-11)10-6-4-3-5-7-10/h3-7,12H,8-9H2,1-2H3. The van der Waals surface area contributed by atoms with Gasteiger partial charge in [0.25, 0.3) is 0 Å². The molecule has 0 unspecified atom stereocenters. The summed E-state index contributed by atoms with van der Waals surface area (Å²) in [7, 11) is 0. The van der Waals surface area contributed by atoms with Crippen LogP contribution in [0.4, 0.5) is 5.69 Å². The van der Waals surface area contributed by atoms with Crippen molar-refractivity contribution in [3.8, 4) is 0 Å². The van der Waals surface area contributed by atoms with E-state index in [1.807, 2.05) is 6.07 Å². The molecule has 0 saturated carbocycles. The van der Waals surface area contributed by atoms with Crippen molar-refractivity contribution in [2.45, 2.75) is 25.8 Å². The van der Waals surface area contributed by atoms with Crippen molar-refractivity contribution in [1.29, 1.82) is 0 Å². The van der Waals surface area contributed by atoms with Crippen LogP contribution in [0, 0.1) is 0 Å². The van der Waals surface area contributed by atoms with Crippen molar-refractivity contribution in [2.24, 2.45) is 0 Å². The number of benzene rings is 1. The summed E-state index contributed by atoms with van der Waals surface area (Å²) < 4.78 is 0. The second-order valence-corrected chi connectivity index (χ2v) is 4.23. The van der Waals surface area contributed by atoms with Crippen LogP contribution in [-0.2, 0) is 0 Å². The Morgan fingerprint density at radius 2 is 1.92 bits per heavy atom. The largest absolute Gasteiger partial charge is 0.308 e. The van der Waals surface area contributed by atoms with Crippen LogP contribution in [0.1, 0.15) is 20.3 Å². The summed E-state index contributed by atoms with van der Waals surface area (Å²) in [6.45, 7) is 5.56. The molecule has 2 rings (SSSR count). The third-order valence-corrected chi connectivity index (χ3v) is 2.47. The maximum atomic E-state index is 3.48. The minimum Gasteiger partial charge on any atom is -0.308 e. The van der Waals surface area contributed by atoms with Crippen LogP contribution in [0.15, 0.2) is 30.3 Å². The average Bonchev–Trinajstić information content (AvgIpc) is 2.48. The van der Waals surface area contributed by atoms with Gasteiger partial charge >= 0.3 is 0 Å². The first-order chi connectivity index (χ1) is 6.17. The summed E-state index contributed by atoms with van der Waals surface area (Å²) >= 11 is 0. The molecule has 1 aromatic rings. The van der Waals surface area contributed by atoms with Gasteiger partial charge in [-0.15, -0.1) is 0 Å². The van der Waals surface area contributed by atoms with E-state index in [4.69, 9.17) is 0 Å². The molecule has 0 atom stereocenters. The first kappa shape index (κ1) is 8.57. The maximum absolute atomic E-state index is 3.48. The van der Waals surface area contributed by atoms with Crippen molar-refractivity contribution in [1.82, 2.24) is 5.43 Å². The Bertz CT molecular complexity index is 279. The van der Waals surface area contributed by atoms with Crippen molar-refractivity contribution in [3.63, 3.8) is 0 Å². The number of nitrogens with one attached hydrogen (secondary N) is 1. The van der Waals surface area contributed by atoms with E-state index in [1.54, 1.807) is 0 Å². The molecule has 1 N–H and O–H groups in total. The van der Waals surface area contributed by atoms with E-state index in [-0.39, 0.29) is 5.54 Å². The van der Waals surface area contributed by atoms with E-state index in [1.165, 1.54) is 12.1 Å². The molecule has 0 radical (unpaired) electrons. The predicted octanol–water partition coefficient (Wildman–Crippen LogP) is 2.18. The van der Waals surface area contributed by atoms with Crippen LogP contribution in [0.3, 0.4) is 0 Å². The SMILES string of the molecule is CC1(C)CCN(c2ccccc2)N1. The molecule has 1 aromatic carbocycles. The zero-order chi connectivity index (χ0) is 9.31. The van der Waals surface area contributed by atoms with Crippen molar-refractivity contribution >= 4 is 5.69 Å². The number of hydrogen-bond acceptors (Lipinski definition) is 2. The first-order valence-corrected chi connectivity index (χ1v) is 4.78. The third-order valence-electron chi connectivity index (χ3n) is 2.47. The molecule has 0 spiro atoms. The van der Waals surface area contributed by atoms with Gasteiger partial charge in [0.15, 0.2) is 0 Å². The highest BCUT2D eigenvalue weighted by molar-refractivity contribution is 5.45. The molecule has 1 heterocycles. The number of para-hydroxylation sites is 1. The lowest BCUT2D eigenvalue weighted by Gasteiger charge is -2.23. The molecule has 1 saturated heterocycles. The summed E-state index contributed by atoms with van der Waals surface area (Å²) in [5.74, 6) is 0. The lowest BCUT2D eigenvalue weighted by atomic mass is 10.0. The van der Waals surface area contributed by atoms with Crippen LogP contribution >= 0.6 is 0 Å². The van der Waals surface area contributed by atoms with Crippen molar-refractivity contribution in [2.75, 3.05) is 11.6 Å².